The van der Waals surface area contributed by atoms with Crippen molar-refractivity contribution in [3.63, 3.8) is 0 Å². The number of fused-ring (bicyclic) bond motifs is 1. The second kappa shape index (κ2) is 8.82. The second-order valence-corrected chi connectivity index (χ2v) is 7.33. The van der Waals surface area contributed by atoms with E-state index in [0.29, 0.717) is 23.4 Å². The standard InChI is InChI=1S/C23H24N2O5/c1-13(2)29-19-12-20-17(14(3)10-22(27)30-20)11-15(19)8-9-21(26)25-18-7-5-4-6-16(18)23(24)28/h4-7,10-13H,8-9H2,1-3H3,(H2,24,28)(H,25,26). The van der Waals surface area contributed by atoms with Crippen LogP contribution in [0.1, 0.15) is 41.8 Å². The van der Waals surface area contributed by atoms with Crippen LogP contribution in [-0.2, 0) is 11.2 Å². The number of carbonyl (C=O) groups is 2. The smallest absolute Gasteiger partial charge is 0.336 e. The number of nitrogens with one attached hydrogen (secondary N) is 1. The van der Waals surface area contributed by atoms with E-state index in [1.165, 1.54) is 6.07 Å². The molecule has 0 bridgehead atoms. The summed E-state index contributed by atoms with van der Waals surface area (Å²) in [6.45, 7) is 5.63. The van der Waals surface area contributed by atoms with E-state index in [-0.39, 0.29) is 24.0 Å². The number of primary amides is 1. The van der Waals surface area contributed by atoms with Crippen LogP contribution in [0.15, 0.2) is 51.7 Å². The summed E-state index contributed by atoms with van der Waals surface area (Å²) in [6.07, 6.45) is 0.485. The van der Waals surface area contributed by atoms with Gasteiger partial charge in [-0.05, 0) is 56.5 Å². The quantitative estimate of drug-likeness (QED) is 0.581. The van der Waals surface area contributed by atoms with Crippen molar-refractivity contribution in [2.75, 3.05) is 5.32 Å². The second-order valence-electron chi connectivity index (χ2n) is 7.33. The minimum Gasteiger partial charge on any atom is -0.491 e. The number of benzene rings is 2. The summed E-state index contributed by atoms with van der Waals surface area (Å²) in [6, 6.07) is 11.6. The number of hydrogen-bond donors (Lipinski definition) is 2. The van der Waals surface area contributed by atoms with Crippen molar-refractivity contribution in [2.45, 2.75) is 39.7 Å². The molecule has 0 aliphatic carbocycles. The van der Waals surface area contributed by atoms with Gasteiger partial charge < -0.3 is 20.2 Å². The maximum atomic E-state index is 12.5. The van der Waals surface area contributed by atoms with E-state index < -0.39 is 11.5 Å². The van der Waals surface area contributed by atoms with Gasteiger partial charge in [-0.2, -0.15) is 0 Å². The highest BCUT2D eigenvalue weighted by molar-refractivity contribution is 6.03. The molecule has 3 N–H and O–H groups in total. The first-order chi connectivity index (χ1) is 14.2. The molecule has 0 spiro atoms. The van der Waals surface area contributed by atoms with Crippen LogP contribution in [0.2, 0.25) is 0 Å². The van der Waals surface area contributed by atoms with Crippen LogP contribution < -0.4 is 21.4 Å². The Morgan fingerprint density at radius 2 is 1.90 bits per heavy atom. The first kappa shape index (κ1) is 21.1. The number of amides is 2. The molecule has 30 heavy (non-hydrogen) atoms. The molecular weight excluding hydrogens is 384 g/mol. The summed E-state index contributed by atoms with van der Waals surface area (Å²) in [5.41, 5.74) is 7.64. The van der Waals surface area contributed by atoms with E-state index in [1.807, 2.05) is 26.8 Å². The molecule has 0 fully saturated rings. The number of carbonyl (C=O) groups excluding carboxylic acids is 2. The molecule has 7 nitrogen and oxygen atoms in total. The molecule has 0 aliphatic heterocycles. The van der Waals surface area contributed by atoms with E-state index in [4.69, 9.17) is 14.9 Å². The molecule has 0 aliphatic rings. The molecule has 1 aromatic heterocycles. The van der Waals surface area contributed by atoms with Gasteiger partial charge in [-0.3, -0.25) is 9.59 Å². The molecule has 3 aromatic rings. The van der Waals surface area contributed by atoms with E-state index in [9.17, 15) is 14.4 Å². The van der Waals surface area contributed by atoms with Gasteiger partial charge in [0.05, 0.1) is 17.4 Å². The number of nitrogens with two attached hydrogens (primary N) is 1. The highest BCUT2D eigenvalue weighted by atomic mass is 16.5. The molecule has 2 amide bonds. The Bertz CT molecular complexity index is 1160. The average molecular weight is 408 g/mol. The van der Waals surface area contributed by atoms with E-state index >= 15 is 0 Å². The minimum atomic E-state index is -0.606. The van der Waals surface area contributed by atoms with Gasteiger partial charge in [0.15, 0.2) is 0 Å². The molecule has 0 unspecified atom stereocenters. The zero-order chi connectivity index (χ0) is 21.8. The fourth-order valence-corrected chi connectivity index (χ4v) is 3.22. The highest BCUT2D eigenvalue weighted by Crippen LogP contribution is 2.29. The summed E-state index contributed by atoms with van der Waals surface area (Å²) >= 11 is 0. The van der Waals surface area contributed by atoms with Crippen LogP contribution in [0.3, 0.4) is 0 Å². The molecule has 2 aromatic carbocycles. The third-order valence-corrected chi connectivity index (χ3v) is 4.58. The van der Waals surface area contributed by atoms with Crippen LogP contribution in [-0.4, -0.2) is 17.9 Å². The summed E-state index contributed by atoms with van der Waals surface area (Å²) in [5, 5.41) is 3.53. The Labute approximate surface area is 173 Å². The maximum absolute atomic E-state index is 12.5. The van der Waals surface area contributed by atoms with Gasteiger partial charge in [-0.1, -0.05) is 12.1 Å². The Balaban J connectivity index is 1.85. The van der Waals surface area contributed by atoms with Crippen LogP contribution in [0.25, 0.3) is 11.0 Å². The lowest BCUT2D eigenvalue weighted by Crippen LogP contribution is -2.18. The van der Waals surface area contributed by atoms with Crippen LogP contribution in [0.5, 0.6) is 5.75 Å². The van der Waals surface area contributed by atoms with Gasteiger partial charge in [-0.25, -0.2) is 4.79 Å². The van der Waals surface area contributed by atoms with Crippen molar-refractivity contribution in [3.05, 3.63) is 69.6 Å². The predicted molar refractivity (Wildman–Crippen MR) is 115 cm³/mol. The maximum Gasteiger partial charge on any atom is 0.336 e. The molecule has 0 radical (unpaired) electrons. The number of para-hydroxylation sites is 1. The van der Waals surface area contributed by atoms with E-state index in [2.05, 4.69) is 5.32 Å². The molecule has 0 saturated heterocycles. The summed E-state index contributed by atoms with van der Waals surface area (Å²) in [5.74, 6) is -0.294. The molecule has 1 heterocycles. The lowest BCUT2D eigenvalue weighted by atomic mass is 10.0. The van der Waals surface area contributed by atoms with Crippen LogP contribution in [0, 0.1) is 6.92 Å². The fraction of sp³-hybridized carbons (Fsp3) is 0.261. The fourth-order valence-electron chi connectivity index (χ4n) is 3.22. The zero-order valence-electron chi connectivity index (χ0n) is 17.2. The number of aryl methyl sites for hydroxylation is 2. The monoisotopic (exact) mass is 408 g/mol. The van der Waals surface area contributed by atoms with Crippen molar-refractivity contribution in [1.82, 2.24) is 0 Å². The molecule has 3 rings (SSSR count). The van der Waals surface area contributed by atoms with Gasteiger partial charge in [0, 0.05) is 23.9 Å². The number of ether oxygens (including phenoxy) is 1. The lowest BCUT2D eigenvalue weighted by molar-refractivity contribution is -0.116. The molecular formula is C23H24N2O5. The molecule has 0 atom stereocenters. The number of hydrogen-bond acceptors (Lipinski definition) is 5. The summed E-state index contributed by atoms with van der Waals surface area (Å²) in [7, 11) is 0. The van der Waals surface area contributed by atoms with Gasteiger partial charge in [0.25, 0.3) is 5.91 Å². The topological polar surface area (TPSA) is 112 Å². The van der Waals surface area contributed by atoms with E-state index in [1.54, 1.807) is 30.3 Å². The van der Waals surface area contributed by atoms with Crippen molar-refractivity contribution in [2.24, 2.45) is 5.73 Å². The first-order valence-corrected chi connectivity index (χ1v) is 9.67. The van der Waals surface area contributed by atoms with Crippen LogP contribution in [0.4, 0.5) is 5.69 Å². The lowest BCUT2D eigenvalue weighted by Gasteiger charge is -2.16. The van der Waals surface area contributed by atoms with Gasteiger partial charge in [-0.15, -0.1) is 0 Å². The van der Waals surface area contributed by atoms with Gasteiger partial charge in [0.2, 0.25) is 5.91 Å². The Kier molecular flexibility index (Phi) is 6.20. The van der Waals surface area contributed by atoms with Crippen molar-refractivity contribution >= 4 is 28.5 Å². The molecule has 0 saturated carbocycles. The van der Waals surface area contributed by atoms with Crippen molar-refractivity contribution < 1.29 is 18.7 Å². The SMILES string of the molecule is Cc1cc(=O)oc2cc(OC(C)C)c(CCC(=O)Nc3ccccc3C(N)=O)cc12. The zero-order valence-corrected chi connectivity index (χ0v) is 17.2. The average Bonchev–Trinajstić information content (AvgIpc) is 2.66. The molecule has 7 heteroatoms. The Morgan fingerprint density at radius 3 is 2.60 bits per heavy atom. The largest absolute Gasteiger partial charge is 0.491 e. The van der Waals surface area contributed by atoms with Crippen molar-refractivity contribution in [3.8, 4) is 5.75 Å². The number of anilines is 1. The van der Waals surface area contributed by atoms with Gasteiger partial charge >= 0.3 is 5.63 Å². The predicted octanol–water partition coefficient (Wildman–Crippen LogP) is 3.56. The Morgan fingerprint density at radius 1 is 1.17 bits per heavy atom. The van der Waals surface area contributed by atoms with Gasteiger partial charge in [0.1, 0.15) is 11.3 Å². The summed E-state index contributed by atoms with van der Waals surface area (Å²) in [4.78, 5) is 35.7. The third kappa shape index (κ3) is 4.86. The van der Waals surface area contributed by atoms with Crippen molar-refractivity contribution in [1.29, 1.82) is 0 Å². The minimum absolute atomic E-state index is 0.0889. The Hall–Kier alpha value is -3.61. The first-order valence-electron chi connectivity index (χ1n) is 9.67. The third-order valence-electron chi connectivity index (χ3n) is 4.58. The molecule has 156 valence electrons. The summed E-state index contributed by atoms with van der Waals surface area (Å²) < 4.78 is 11.2. The number of rotatable bonds is 7. The highest BCUT2D eigenvalue weighted by Gasteiger charge is 2.15. The van der Waals surface area contributed by atoms with E-state index in [0.717, 1.165) is 16.5 Å². The van der Waals surface area contributed by atoms with Crippen LogP contribution >= 0.6 is 0 Å². The normalized spacial score (nSPS) is 10.9.